The van der Waals surface area contributed by atoms with E-state index in [4.69, 9.17) is 9.47 Å². The maximum Gasteiger partial charge on any atom is 0.246 e. The summed E-state index contributed by atoms with van der Waals surface area (Å²) in [6, 6.07) is 7.52. The van der Waals surface area contributed by atoms with Crippen LogP contribution in [0.2, 0.25) is 0 Å². The van der Waals surface area contributed by atoms with Crippen molar-refractivity contribution in [1.29, 1.82) is 0 Å². The van der Waals surface area contributed by atoms with Crippen molar-refractivity contribution in [1.82, 2.24) is 24.4 Å². The first-order chi connectivity index (χ1) is 16.0. The molecule has 0 N–H and O–H groups in total. The normalized spacial score (nSPS) is 14.1. The number of piperazine rings is 1. The van der Waals surface area contributed by atoms with Crippen LogP contribution < -0.4 is 14.4 Å². The first kappa shape index (κ1) is 22.3. The Kier molecular flexibility index (Phi) is 6.58. The highest BCUT2D eigenvalue weighted by molar-refractivity contribution is 5.92. The number of rotatable bonds is 6. The summed E-state index contributed by atoms with van der Waals surface area (Å²) in [5.41, 5.74) is 2.90. The van der Waals surface area contributed by atoms with Crippen LogP contribution in [0.1, 0.15) is 17.0 Å². The van der Waals surface area contributed by atoms with Crippen molar-refractivity contribution in [2.45, 2.75) is 13.8 Å². The van der Waals surface area contributed by atoms with Gasteiger partial charge < -0.3 is 19.3 Å². The predicted molar refractivity (Wildman–Crippen MR) is 126 cm³/mol. The summed E-state index contributed by atoms with van der Waals surface area (Å²) in [5.74, 6) is 2.90. The summed E-state index contributed by atoms with van der Waals surface area (Å²) in [5, 5.41) is 0. The van der Waals surface area contributed by atoms with Gasteiger partial charge in [0, 0.05) is 44.0 Å². The van der Waals surface area contributed by atoms with E-state index in [1.807, 2.05) is 47.6 Å². The largest absolute Gasteiger partial charge is 0.493 e. The zero-order valence-electron chi connectivity index (χ0n) is 19.4. The van der Waals surface area contributed by atoms with Crippen molar-refractivity contribution in [3.63, 3.8) is 0 Å². The van der Waals surface area contributed by atoms with Gasteiger partial charge in [-0.1, -0.05) is 6.07 Å². The van der Waals surface area contributed by atoms with Crippen molar-refractivity contribution in [2.24, 2.45) is 0 Å². The third-order valence-electron chi connectivity index (χ3n) is 5.88. The number of methoxy groups -OCH3 is 2. The molecule has 2 aromatic heterocycles. The molecule has 4 rings (SSSR count). The number of carbonyl (C=O) groups excluding carboxylic acids is 1. The van der Waals surface area contributed by atoms with E-state index in [2.05, 4.69) is 19.9 Å². The third kappa shape index (κ3) is 4.82. The van der Waals surface area contributed by atoms with Crippen molar-refractivity contribution in [2.75, 3.05) is 45.3 Å². The Labute approximate surface area is 193 Å². The van der Waals surface area contributed by atoms with Crippen molar-refractivity contribution < 1.29 is 14.3 Å². The minimum atomic E-state index is -0.0164. The maximum atomic E-state index is 12.7. The minimum Gasteiger partial charge on any atom is -0.493 e. The number of anilines is 1. The molecule has 0 atom stereocenters. The van der Waals surface area contributed by atoms with Gasteiger partial charge in [0.15, 0.2) is 11.5 Å². The molecule has 1 amide bonds. The molecule has 0 spiro atoms. The lowest BCUT2D eigenvalue weighted by Crippen LogP contribution is -2.48. The van der Waals surface area contributed by atoms with Crippen LogP contribution in [-0.2, 0) is 4.79 Å². The molecule has 0 saturated carbocycles. The Morgan fingerprint density at radius 1 is 0.939 bits per heavy atom. The van der Waals surface area contributed by atoms with Gasteiger partial charge in [0.25, 0.3) is 0 Å². The average molecular weight is 449 g/mol. The molecule has 0 aliphatic carbocycles. The topological polar surface area (TPSA) is 85.6 Å². The molecule has 3 aromatic rings. The van der Waals surface area contributed by atoms with Gasteiger partial charge in [0.2, 0.25) is 5.91 Å². The highest BCUT2D eigenvalue weighted by Crippen LogP contribution is 2.28. The fourth-order valence-electron chi connectivity index (χ4n) is 3.76. The number of benzene rings is 1. The van der Waals surface area contributed by atoms with Crippen LogP contribution >= 0.6 is 0 Å². The van der Waals surface area contributed by atoms with Crippen LogP contribution in [0.25, 0.3) is 11.9 Å². The van der Waals surface area contributed by atoms with Crippen LogP contribution in [0.5, 0.6) is 11.5 Å². The lowest BCUT2D eigenvalue weighted by molar-refractivity contribution is -0.126. The zero-order valence-corrected chi connectivity index (χ0v) is 19.4. The third-order valence-corrected chi connectivity index (χ3v) is 5.88. The van der Waals surface area contributed by atoms with Crippen LogP contribution in [-0.4, -0.2) is 70.7 Å². The Hall–Kier alpha value is -3.88. The Morgan fingerprint density at radius 2 is 1.67 bits per heavy atom. The molecule has 33 heavy (non-hydrogen) atoms. The van der Waals surface area contributed by atoms with E-state index >= 15 is 0 Å². The molecule has 1 saturated heterocycles. The van der Waals surface area contributed by atoms with E-state index in [1.54, 1.807) is 39.0 Å². The second-order valence-corrected chi connectivity index (χ2v) is 7.78. The van der Waals surface area contributed by atoms with Gasteiger partial charge in [-0.05, 0) is 37.6 Å². The van der Waals surface area contributed by atoms with E-state index in [1.165, 1.54) is 0 Å². The number of nitrogens with zero attached hydrogens (tertiary/aromatic N) is 6. The second-order valence-electron chi connectivity index (χ2n) is 7.78. The summed E-state index contributed by atoms with van der Waals surface area (Å²) >= 11 is 0. The van der Waals surface area contributed by atoms with Crippen LogP contribution in [0.3, 0.4) is 0 Å². The number of amides is 1. The standard InChI is InChI=1S/C24H28N6O3/c1-17-18(2)30(16-27-17)23-14-22(25-15-26-23)28-9-11-29(12-10-28)24(31)8-6-19-5-7-20(32-3)21(13-19)33-4/h5-8,13-16H,9-12H2,1-4H3/b8-6+. The molecule has 172 valence electrons. The number of carbonyl (C=O) groups is 1. The first-order valence-corrected chi connectivity index (χ1v) is 10.8. The molecule has 9 nitrogen and oxygen atoms in total. The molecular formula is C24H28N6O3. The molecule has 1 fully saturated rings. The van der Waals surface area contributed by atoms with Crippen molar-refractivity contribution in [3.05, 3.63) is 59.9 Å². The Balaban J connectivity index is 1.38. The van der Waals surface area contributed by atoms with E-state index in [9.17, 15) is 4.79 Å². The van der Waals surface area contributed by atoms with Gasteiger partial charge >= 0.3 is 0 Å². The van der Waals surface area contributed by atoms with Gasteiger partial charge in [-0.2, -0.15) is 0 Å². The minimum absolute atomic E-state index is 0.0164. The SMILES string of the molecule is COc1ccc(/C=C/C(=O)N2CCN(c3cc(-n4cnc(C)c4C)ncn3)CC2)cc1OC. The molecular weight excluding hydrogens is 420 g/mol. The van der Waals surface area contributed by atoms with Gasteiger partial charge in [0.1, 0.15) is 24.3 Å². The Bertz CT molecular complexity index is 1160. The Morgan fingerprint density at radius 3 is 2.33 bits per heavy atom. The molecule has 0 radical (unpaired) electrons. The molecule has 3 heterocycles. The van der Waals surface area contributed by atoms with Crippen LogP contribution in [0.15, 0.2) is 43.0 Å². The maximum absolute atomic E-state index is 12.7. The van der Waals surface area contributed by atoms with Gasteiger partial charge in [-0.15, -0.1) is 0 Å². The summed E-state index contributed by atoms with van der Waals surface area (Å²) in [6.45, 7) is 6.64. The van der Waals surface area contributed by atoms with Gasteiger partial charge in [-0.25, -0.2) is 15.0 Å². The first-order valence-electron chi connectivity index (χ1n) is 10.8. The van der Waals surface area contributed by atoms with E-state index in [-0.39, 0.29) is 5.91 Å². The smallest absolute Gasteiger partial charge is 0.246 e. The zero-order chi connectivity index (χ0) is 23.4. The number of aryl methyl sites for hydroxylation is 1. The average Bonchev–Trinajstić information content (AvgIpc) is 3.20. The van der Waals surface area contributed by atoms with Crippen LogP contribution in [0, 0.1) is 13.8 Å². The predicted octanol–water partition coefficient (Wildman–Crippen LogP) is 2.66. The molecule has 0 bridgehead atoms. The quantitative estimate of drug-likeness (QED) is 0.536. The molecule has 1 aromatic carbocycles. The number of aromatic nitrogens is 4. The highest BCUT2D eigenvalue weighted by atomic mass is 16.5. The summed E-state index contributed by atoms with van der Waals surface area (Å²) in [7, 11) is 3.19. The monoisotopic (exact) mass is 448 g/mol. The summed E-state index contributed by atoms with van der Waals surface area (Å²) in [6.07, 6.45) is 6.74. The fraction of sp³-hybridized carbons (Fsp3) is 0.333. The summed E-state index contributed by atoms with van der Waals surface area (Å²) < 4.78 is 12.5. The number of imidazole rings is 1. The number of hydrogen-bond donors (Lipinski definition) is 0. The molecule has 1 aliphatic heterocycles. The van der Waals surface area contributed by atoms with Crippen molar-refractivity contribution >= 4 is 17.8 Å². The highest BCUT2D eigenvalue weighted by Gasteiger charge is 2.21. The molecule has 1 aliphatic rings. The van der Waals surface area contributed by atoms with Gasteiger partial charge in [0.05, 0.1) is 19.9 Å². The number of ether oxygens (including phenoxy) is 2. The molecule has 9 heteroatoms. The fourth-order valence-corrected chi connectivity index (χ4v) is 3.76. The van der Waals surface area contributed by atoms with E-state index < -0.39 is 0 Å². The number of hydrogen-bond acceptors (Lipinski definition) is 7. The van der Waals surface area contributed by atoms with Crippen LogP contribution in [0.4, 0.5) is 5.82 Å². The summed E-state index contributed by atoms with van der Waals surface area (Å²) in [4.78, 5) is 29.9. The van der Waals surface area contributed by atoms with E-state index in [0.29, 0.717) is 37.7 Å². The molecule has 0 unspecified atom stereocenters. The second kappa shape index (κ2) is 9.72. The lowest BCUT2D eigenvalue weighted by Gasteiger charge is -2.35. The lowest BCUT2D eigenvalue weighted by atomic mass is 10.2. The van der Waals surface area contributed by atoms with E-state index in [0.717, 1.165) is 28.6 Å². The van der Waals surface area contributed by atoms with Gasteiger partial charge in [-0.3, -0.25) is 9.36 Å². The van der Waals surface area contributed by atoms with Crippen molar-refractivity contribution in [3.8, 4) is 17.3 Å².